The number of amides is 2. The number of carbonyl (C=O) groups is 2. The van der Waals surface area contributed by atoms with Crippen molar-refractivity contribution >= 4 is 17.5 Å². The van der Waals surface area contributed by atoms with Crippen molar-refractivity contribution in [2.45, 2.75) is 12.8 Å². The molecule has 0 saturated heterocycles. The fourth-order valence-electron chi connectivity index (χ4n) is 2.56. The minimum absolute atomic E-state index is 0.111. The first-order valence-electron chi connectivity index (χ1n) is 8.89. The van der Waals surface area contributed by atoms with E-state index in [9.17, 15) is 9.59 Å². The normalized spacial score (nSPS) is 10.8. The predicted molar refractivity (Wildman–Crippen MR) is 101 cm³/mol. The second-order valence-corrected chi connectivity index (χ2v) is 6.47. The zero-order valence-corrected chi connectivity index (χ0v) is 16.1. The summed E-state index contributed by atoms with van der Waals surface area (Å²) in [6.45, 7) is 0.367. The number of hydrogen-bond acceptors (Lipinski definition) is 6. The topological polar surface area (TPSA) is 107 Å². The molecule has 3 aromatic rings. The van der Waals surface area contributed by atoms with Crippen LogP contribution < -0.4 is 10.1 Å². The Kier molecular flexibility index (Phi) is 5.87. The molecule has 0 atom stereocenters. The van der Waals surface area contributed by atoms with Gasteiger partial charge in [0.05, 0.1) is 0 Å². The van der Waals surface area contributed by atoms with Crippen molar-refractivity contribution in [1.82, 2.24) is 34.6 Å². The summed E-state index contributed by atoms with van der Waals surface area (Å²) < 4.78 is 8.78. The zero-order chi connectivity index (χ0) is 20.1. The number of nitrogens with one attached hydrogen (secondary N) is 1. The van der Waals surface area contributed by atoms with Crippen molar-refractivity contribution in [2.24, 2.45) is 7.05 Å². The molecule has 0 aliphatic carbocycles. The number of aromatic nitrogens is 5. The fraction of sp³-hybridized carbons (Fsp3) is 0.389. The molecule has 0 aliphatic heterocycles. The maximum absolute atomic E-state index is 12.3. The maximum atomic E-state index is 12.3. The molecule has 2 amide bonds. The molecule has 1 N–H and O–H groups in total. The minimum Gasteiger partial charge on any atom is -0.468 e. The Morgan fingerprint density at radius 2 is 2.07 bits per heavy atom. The van der Waals surface area contributed by atoms with Crippen LogP contribution in [0.15, 0.2) is 30.5 Å². The number of carbonyl (C=O) groups excluding carboxylic acids is 2. The van der Waals surface area contributed by atoms with Gasteiger partial charge in [0.15, 0.2) is 17.9 Å². The van der Waals surface area contributed by atoms with Crippen molar-refractivity contribution in [1.29, 1.82) is 0 Å². The lowest BCUT2D eigenvalue weighted by molar-refractivity contribution is -0.130. The highest BCUT2D eigenvalue weighted by molar-refractivity contribution is 5.92. The molecular formula is C18H23N7O3. The Balaban J connectivity index is 1.48. The Morgan fingerprint density at radius 1 is 1.25 bits per heavy atom. The van der Waals surface area contributed by atoms with Gasteiger partial charge in [-0.25, -0.2) is 4.68 Å². The molecule has 10 nitrogen and oxygen atoms in total. The van der Waals surface area contributed by atoms with Gasteiger partial charge in [-0.05, 0) is 18.6 Å². The molecule has 28 heavy (non-hydrogen) atoms. The van der Waals surface area contributed by atoms with E-state index in [1.54, 1.807) is 21.1 Å². The number of rotatable bonds is 8. The highest BCUT2D eigenvalue weighted by atomic mass is 16.5. The van der Waals surface area contributed by atoms with E-state index in [1.807, 2.05) is 28.8 Å². The van der Waals surface area contributed by atoms with Crippen molar-refractivity contribution in [2.75, 3.05) is 27.2 Å². The molecule has 0 radical (unpaired) electrons. The average molecular weight is 385 g/mol. The van der Waals surface area contributed by atoms with Gasteiger partial charge < -0.3 is 15.0 Å². The monoisotopic (exact) mass is 385 g/mol. The van der Waals surface area contributed by atoms with Gasteiger partial charge in [-0.3, -0.25) is 14.0 Å². The largest absolute Gasteiger partial charge is 0.468 e. The molecule has 3 heterocycles. The number of pyridine rings is 1. The molecule has 0 fully saturated rings. The van der Waals surface area contributed by atoms with Crippen molar-refractivity contribution in [3.63, 3.8) is 0 Å². The van der Waals surface area contributed by atoms with Gasteiger partial charge >= 0.3 is 0 Å². The number of likely N-dealkylation sites (N-methyl/N-ethyl adjacent to an activating group) is 1. The summed E-state index contributed by atoms with van der Waals surface area (Å²) in [7, 11) is 4.95. The van der Waals surface area contributed by atoms with Crippen molar-refractivity contribution < 1.29 is 14.3 Å². The lowest BCUT2D eigenvalue weighted by atomic mass is 10.3. The van der Waals surface area contributed by atoms with E-state index >= 15 is 0 Å². The second kappa shape index (κ2) is 8.51. The van der Waals surface area contributed by atoms with E-state index in [2.05, 4.69) is 20.6 Å². The predicted octanol–water partition coefficient (Wildman–Crippen LogP) is 0.292. The molecule has 0 unspecified atom stereocenters. The van der Waals surface area contributed by atoms with Gasteiger partial charge in [0.2, 0.25) is 5.88 Å². The molecule has 3 rings (SSSR count). The lowest BCUT2D eigenvalue weighted by Crippen LogP contribution is -2.27. The Hall–Kier alpha value is -3.43. The molecule has 0 saturated carbocycles. The van der Waals surface area contributed by atoms with E-state index in [1.165, 1.54) is 15.6 Å². The Labute approximate surface area is 162 Å². The maximum Gasteiger partial charge on any atom is 0.271 e. The molecule has 0 aliphatic rings. The first-order chi connectivity index (χ1) is 13.5. The number of fused-ring (bicyclic) bond motifs is 1. The van der Waals surface area contributed by atoms with Crippen LogP contribution in [0.2, 0.25) is 0 Å². The SMILES string of the molecule is CN(C)C(=O)COc1cc(C(=O)NCCCc2nnc3ccccn23)nn1C. The van der Waals surface area contributed by atoms with Crippen LogP contribution in [-0.2, 0) is 18.3 Å². The van der Waals surface area contributed by atoms with E-state index in [4.69, 9.17) is 4.74 Å². The molecule has 10 heteroatoms. The summed E-state index contributed by atoms with van der Waals surface area (Å²) in [5.74, 6) is 0.739. The van der Waals surface area contributed by atoms with Crippen molar-refractivity contribution in [3.05, 3.63) is 42.0 Å². The number of hydrogen-bond donors (Lipinski definition) is 1. The summed E-state index contributed by atoms with van der Waals surface area (Å²) in [5, 5.41) is 15.2. The third-order valence-electron chi connectivity index (χ3n) is 4.16. The summed E-state index contributed by atoms with van der Waals surface area (Å²) in [4.78, 5) is 25.3. The first kappa shape index (κ1) is 19.3. The third kappa shape index (κ3) is 4.45. The summed E-state index contributed by atoms with van der Waals surface area (Å²) in [6, 6.07) is 7.25. The quantitative estimate of drug-likeness (QED) is 0.559. The first-order valence-corrected chi connectivity index (χ1v) is 8.89. The zero-order valence-electron chi connectivity index (χ0n) is 16.1. The van der Waals surface area contributed by atoms with Crippen LogP contribution >= 0.6 is 0 Å². The molecule has 148 valence electrons. The molecule has 3 aromatic heterocycles. The smallest absolute Gasteiger partial charge is 0.271 e. The Bertz CT molecular complexity index is 977. The van der Waals surface area contributed by atoms with E-state index in [0.29, 0.717) is 18.8 Å². The molecular weight excluding hydrogens is 362 g/mol. The highest BCUT2D eigenvalue weighted by Gasteiger charge is 2.15. The van der Waals surface area contributed by atoms with E-state index in [-0.39, 0.29) is 24.1 Å². The van der Waals surface area contributed by atoms with Gasteiger partial charge in [0.1, 0.15) is 5.82 Å². The van der Waals surface area contributed by atoms with Gasteiger partial charge in [-0.15, -0.1) is 10.2 Å². The highest BCUT2D eigenvalue weighted by Crippen LogP contribution is 2.12. The minimum atomic E-state index is -0.296. The number of ether oxygens (including phenoxy) is 1. The van der Waals surface area contributed by atoms with Crippen LogP contribution in [0.25, 0.3) is 5.65 Å². The summed E-state index contributed by atoms with van der Waals surface area (Å²) in [6.07, 6.45) is 3.32. The van der Waals surface area contributed by atoms with Crippen LogP contribution in [0.1, 0.15) is 22.7 Å². The number of nitrogens with zero attached hydrogens (tertiary/aromatic N) is 6. The third-order valence-corrected chi connectivity index (χ3v) is 4.16. The van der Waals surface area contributed by atoms with Crippen LogP contribution in [-0.4, -0.2) is 68.3 Å². The van der Waals surface area contributed by atoms with Crippen LogP contribution in [0.5, 0.6) is 5.88 Å². The summed E-state index contributed by atoms with van der Waals surface area (Å²) >= 11 is 0. The van der Waals surface area contributed by atoms with E-state index < -0.39 is 0 Å². The molecule has 0 bridgehead atoms. The van der Waals surface area contributed by atoms with Crippen molar-refractivity contribution in [3.8, 4) is 5.88 Å². The molecule has 0 aromatic carbocycles. The van der Waals surface area contributed by atoms with Gasteiger partial charge in [0.25, 0.3) is 11.8 Å². The standard InChI is InChI=1S/C18H23N7O3/c1-23(2)16(26)12-28-17-11-13(22-24(17)3)18(27)19-9-6-8-15-21-20-14-7-4-5-10-25(14)15/h4-5,7,10-11H,6,8-9,12H2,1-3H3,(H,19,27). The molecule has 0 spiro atoms. The van der Waals surface area contributed by atoms with Gasteiger partial charge in [0, 0.05) is 46.4 Å². The lowest BCUT2D eigenvalue weighted by Gasteiger charge is -2.10. The van der Waals surface area contributed by atoms with Crippen LogP contribution in [0.4, 0.5) is 0 Å². The van der Waals surface area contributed by atoms with Crippen LogP contribution in [0, 0.1) is 0 Å². The van der Waals surface area contributed by atoms with E-state index in [0.717, 1.165) is 17.9 Å². The fourth-order valence-corrected chi connectivity index (χ4v) is 2.56. The number of aryl methyl sites for hydroxylation is 2. The summed E-state index contributed by atoms with van der Waals surface area (Å²) in [5.41, 5.74) is 1.04. The van der Waals surface area contributed by atoms with Gasteiger partial charge in [-0.1, -0.05) is 6.07 Å². The van der Waals surface area contributed by atoms with Gasteiger partial charge in [-0.2, -0.15) is 5.10 Å². The van der Waals surface area contributed by atoms with Crippen LogP contribution in [0.3, 0.4) is 0 Å². The second-order valence-electron chi connectivity index (χ2n) is 6.47. The Morgan fingerprint density at radius 3 is 2.86 bits per heavy atom. The average Bonchev–Trinajstić information content (AvgIpc) is 3.26.